The molecule has 0 unspecified atom stereocenters. The molecule has 0 radical (unpaired) electrons. The Morgan fingerprint density at radius 3 is 1.60 bits per heavy atom. The quantitative estimate of drug-likeness (QED) is 0.577. The number of hydrogen-bond acceptors (Lipinski definition) is 0. The molecule has 3 heteroatoms. The van der Waals surface area contributed by atoms with Crippen molar-refractivity contribution in [3.63, 3.8) is 0 Å². The van der Waals surface area contributed by atoms with Crippen molar-refractivity contribution in [1.82, 2.24) is 0 Å². The molecule has 2 aliphatic rings. The Balaban J connectivity index is 0.00000180. The summed E-state index contributed by atoms with van der Waals surface area (Å²) in [5, 5.41) is 0. The van der Waals surface area contributed by atoms with Gasteiger partial charge in [0.1, 0.15) is 0 Å². The molecule has 20 heavy (non-hydrogen) atoms. The maximum atomic E-state index is 2.37. The maximum absolute atomic E-state index is 2.37. The van der Waals surface area contributed by atoms with E-state index in [1.807, 2.05) is 7.76 Å². The van der Waals surface area contributed by atoms with Crippen LogP contribution in [-0.4, -0.2) is 3.81 Å². The summed E-state index contributed by atoms with van der Waals surface area (Å²) < 4.78 is 5.36. The van der Waals surface area contributed by atoms with Gasteiger partial charge in [-0.25, -0.2) is 0 Å². The Kier molecular flexibility index (Phi) is 9.26. The minimum Gasteiger partial charge on any atom is -1.00 e. The Morgan fingerprint density at radius 1 is 0.900 bits per heavy atom. The van der Waals surface area contributed by atoms with Gasteiger partial charge in [-0.3, -0.25) is 0 Å². The Morgan fingerprint density at radius 2 is 1.30 bits per heavy atom. The van der Waals surface area contributed by atoms with Gasteiger partial charge in [-0.15, -0.1) is 0 Å². The molecule has 2 aliphatic carbocycles. The van der Waals surface area contributed by atoms with Gasteiger partial charge in [0.2, 0.25) is 0 Å². The molecule has 0 heterocycles. The number of rotatable bonds is 4. The third kappa shape index (κ3) is 4.07. The van der Waals surface area contributed by atoms with Crippen LogP contribution in [0.25, 0.3) is 0 Å². The molecule has 0 atom stereocenters. The smallest absolute Gasteiger partial charge is 1.00 e. The van der Waals surface area contributed by atoms with Crippen molar-refractivity contribution in [2.75, 3.05) is 0 Å². The summed E-state index contributed by atoms with van der Waals surface area (Å²) in [6.45, 7) is 9.33. The first kappa shape index (κ1) is 20.1. The van der Waals surface area contributed by atoms with Crippen LogP contribution in [0.4, 0.5) is 0 Å². The zero-order valence-electron chi connectivity index (χ0n) is 12.9. The predicted molar refractivity (Wildman–Crippen MR) is 78.5 cm³/mol. The molecular weight excluding hydrogens is 323 g/mol. The van der Waals surface area contributed by atoms with E-state index in [2.05, 4.69) is 52.0 Å². The molecule has 2 rings (SSSR count). The molecule has 0 aliphatic heterocycles. The zero-order chi connectivity index (χ0) is 13.1. The van der Waals surface area contributed by atoms with Crippen molar-refractivity contribution in [2.45, 2.75) is 53.4 Å². The first-order valence-corrected chi connectivity index (χ1v) is 9.48. The molecular formula is C17H24Cl2Ti. The fraction of sp³-hybridized carbons (Fsp3) is 0.471. The molecule has 0 N–H and O–H groups in total. The van der Waals surface area contributed by atoms with Gasteiger partial charge in [-0.1, -0.05) is 0 Å². The van der Waals surface area contributed by atoms with Gasteiger partial charge in [0.25, 0.3) is 0 Å². The number of halogens is 2. The second-order valence-corrected chi connectivity index (χ2v) is 9.92. The van der Waals surface area contributed by atoms with E-state index in [0.717, 1.165) is 0 Å². The summed E-state index contributed by atoms with van der Waals surface area (Å²) >= 11 is -1.33. The summed E-state index contributed by atoms with van der Waals surface area (Å²) in [5.41, 5.74) is 3.28. The molecule has 0 spiro atoms. The first-order chi connectivity index (χ1) is 8.69. The van der Waals surface area contributed by atoms with Gasteiger partial charge >= 0.3 is 118 Å². The van der Waals surface area contributed by atoms with E-state index in [4.69, 9.17) is 0 Å². The Hall–Kier alpha value is 0.124. The van der Waals surface area contributed by atoms with Crippen LogP contribution in [0.2, 0.25) is 0 Å². The van der Waals surface area contributed by atoms with E-state index < -0.39 is 17.4 Å². The largest absolute Gasteiger partial charge is 1.00 e. The molecule has 0 saturated carbocycles. The van der Waals surface area contributed by atoms with Crippen molar-refractivity contribution in [2.24, 2.45) is 0 Å². The Bertz CT molecular complexity index is 461. The minimum absolute atomic E-state index is 0. The van der Waals surface area contributed by atoms with Crippen molar-refractivity contribution in [1.29, 1.82) is 0 Å². The van der Waals surface area contributed by atoms with E-state index in [1.54, 1.807) is 15.0 Å². The standard InChI is InChI=1S/2C7H9.C3H6.2ClH.Ti/c2*1-2-7-5-3-4-6-7;1-3-2;;;/h2*3,5H,2,4H2,1H3;1-2H3;2*1H;/q;;;;;+2/p-2. The van der Waals surface area contributed by atoms with Crippen LogP contribution in [0.1, 0.15) is 53.4 Å². The van der Waals surface area contributed by atoms with E-state index in [9.17, 15) is 0 Å². The van der Waals surface area contributed by atoms with Crippen molar-refractivity contribution >= 4 is 3.81 Å². The third-order valence-corrected chi connectivity index (χ3v) is 9.01. The zero-order valence-corrected chi connectivity index (χ0v) is 16.0. The summed E-state index contributed by atoms with van der Waals surface area (Å²) in [7, 11) is 0. The normalized spacial score (nSPS) is 15.9. The van der Waals surface area contributed by atoms with E-state index in [-0.39, 0.29) is 24.8 Å². The van der Waals surface area contributed by atoms with Gasteiger partial charge < -0.3 is 24.8 Å². The number of allylic oxidation sites excluding steroid dienone is 8. The van der Waals surface area contributed by atoms with Crippen LogP contribution < -0.4 is 24.8 Å². The topological polar surface area (TPSA) is 0 Å². The van der Waals surface area contributed by atoms with Gasteiger partial charge in [-0.2, -0.15) is 0 Å². The monoisotopic (exact) mass is 346 g/mol. The van der Waals surface area contributed by atoms with Gasteiger partial charge in [0.15, 0.2) is 0 Å². The third-order valence-electron chi connectivity index (χ3n) is 3.92. The van der Waals surface area contributed by atoms with Gasteiger partial charge in [-0.05, 0) is 0 Å². The molecule has 110 valence electrons. The summed E-state index contributed by atoms with van der Waals surface area (Å²) in [6, 6.07) is 0. The molecule has 0 amide bonds. The van der Waals surface area contributed by atoms with Crippen LogP contribution in [0, 0.1) is 0 Å². The molecule has 0 saturated heterocycles. The van der Waals surface area contributed by atoms with Crippen molar-refractivity contribution in [3.05, 3.63) is 43.2 Å². The van der Waals surface area contributed by atoms with Crippen molar-refractivity contribution in [3.8, 4) is 0 Å². The average molecular weight is 347 g/mol. The van der Waals surface area contributed by atoms with E-state index in [0.29, 0.717) is 0 Å². The van der Waals surface area contributed by atoms with Gasteiger partial charge in [0, 0.05) is 0 Å². The van der Waals surface area contributed by atoms with Crippen LogP contribution in [0.5, 0.6) is 0 Å². The van der Waals surface area contributed by atoms with Crippen LogP contribution in [-0.2, 0) is 17.4 Å². The first-order valence-electron chi connectivity index (χ1n) is 7.14. The predicted octanol–water partition coefficient (Wildman–Crippen LogP) is -0.927. The second-order valence-electron chi connectivity index (χ2n) is 5.30. The fourth-order valence-electron chi connectivity index (χ4n) is 3.07. The Labute approximate surface area is 142 Å². The molecule has 0 aromatic heterocycles. The summed E-state index contributed by atoms with van der Waals surface area (Å²) in [6.07, 6.45) is 14.4. The van der Waals surface area contributed by atoms with E-state index >= 15 is 0 Å². The average Bonchev–Trinajstić information content (AvgIpc) is 2.97. The van der Waals surface area contributed by atoms with Crippen LogP contribution >= 0.6 is 0 Å². The molecule has 0 nitrogen and oxygen atoms in total. The fourth-order valence-corrected chi connectivity index (χ4v) is 8.35. The SMILES string of the molecule is CCC1=[C]([Ti+2]([C]2=C(CC)C=CC2)=[C](C)C)CC=C1.[Cl-].[Cl-]. The summed E-state index contributed by atoms with van der Waals surface area (Å²) in [4.78, 5) is 0. The minimum atomic E-state index is -1.33. The van der Waals surface area contributed by atoms with Crippen LogP contribution in [0.3, 0.4) is 0 Å². The molecule has 0 aromatic rings. The number of hydrogen-bond donors (Lipinski definition) is 0. The second kappa shape index (κ2) is 9.20. The van der Waals surface area contributed by atoms with Gasteiger partial charge in [0.05, 0.1) is 0 Å². The molecule has 0 bridgehead atoms. The molecule has 0 fully saturated rings. The molecule has 0 aromatic carbocycles. The van der Waals surface area contributed by atoms with E-state index in [1.165, 1.54) is 25.7 Å². The summed E-state index contributed by atoms with van der Waals surface area (Å²) in [5.74, 6) is 0. The maximum Gasteiger partial charge on any atom is -1.00 e. The van der Waals surface area contributed by atoms with Crippen molar-refractivity contribution < 1.29 is 42.2 Å². The van der Waals surface area contributed by atoms with Crippen LogP contribution in [0.15, 0.2) is 43.2 Å².